The highest BCUT2D eigenvalue weighted by Crippen LogP contribution is 2.32. The molecule has 0 aliphatic carbocycles. The van der Waals surface area contributed by atoms with Crippen molar-refractivity contribution >= 4 is 34.0 Å². The molecule has 2 aliphatic heterocycles. The molecule has 1 aromatic carbocycles. The number of nitrogens with one attached hydrogen (secondary N) is 1. The minimum atomic E-state index is -0.347. The summed E-state index contributed by atoms with van der Waals surface area (Å²) in [5.41, 5.74) is 9.47. The molecule has 0 spiro atoms. The minimum Gasteiger partial charge on any atom is -0.394 e. The summed E-state index contributed by atoms with van der Waals surface area (Å²) < 4.78 is 7.83. The smallest absolute Gasteiger partial charge is 0.276 e. The van der Waals surface area contributed by atoms with Gasteiger partial charge < -0.3 is 20.7 Å². The van der Waals surface area contributed by atoms with Gasteiger partial charge in [-0.3, -0.25) is 4.79 Å². The number of hydrogen-bond donors (Lipinski definition) is 2. The SMILES string of the molecule is Cc1ccc2c(cnn2C2CCCCO2)c1NC(=O)c1ncnc(N2CCCCC2)c1N. The molecule has 1 amide bonds. The van der Waals surface area contributed by atoms with Crippen LogP contribution in [0.5, 0.6) is 0 Å². The van der Waals surface area contributed by atoms with Gasteiger partial charge in [0.25, 0.3) is 5.91 Å². The Labute approximate surface area is 187 Å². The van der Waals surface area contributed by atoms with Gasteiger partial charge in [-0.25, -0.2) is 14.6 Å². The Hall–Kier alpha value is -3.20. The number of aromatic nitrogens is 4. The van der Waals surface area contributed by atoms with Crippen LogP contribution in [0.15, 0.2) is 24.7 Å². The summed E-state index contributed by atoms with van der Waals surface area (Å²) in [6.45, 7) is 4.49. The first-order valence-corrected chi connectivity index (χ1v) is 11.4. The highest BCUT2D eigenvalue weighted by molar-refractivity contribution is 6.11. The summed E-state index contributed by atoms with van der Waals surface area (Å²) in [4.78, 5) is 23.9. The second-order valence-electron chi connectivity index (χ2n) is 8.56. The Balaban J connectivity index is 1.45. The Kier molecular flexibility index (Phi) is 5.65. The molecular formula is C23H29N7O2. The second-order valence-corrected chi connectivity index (χ2v) is 8.56. The minimum absolute atomic E-state index is 0.0721. The highest BCUT2D eigenvalue weighted by Gasteiger charge is 2.23. The molecule has 2 saturated heterocycles. The zero-order chi connectivity index (χ0) is 22.1. The van der Waals surface area contributed by atoms with Crippen LogP contribution >= 0.6 is 0 Å². The molecule has 32 heavy (non-hydrogen) atoms. The zero-order valence-corrected chi connectivity index (χ0v) is 18.4. The van der Waals surface area contributed by atoms with Gasteiger partial charge in [0.05, 0.1) is 17.4 Å². The number of benzene rings is 1. The third-order valence-electron chi connectivity index (χ3n) is 6.39. The fourth-order valence-electron chi connectivity index (χ4n) is 4.64. The average Bonchev–Trinajstić information content (AvgIpc) is 3.26. The largest absolute Gasteiger partial charge is 0.394 e. The van der Waals surface area contributed by atoms with Gasteiger partial charge in [0, 0.05) is 25.1 Å². The van der Waals surface area contributed by atoms with Gasteiger partial charge in [0.1, 0.15) is 12.0 Å². The molecule has 2 aliphatic rings. The van der Waals surface area contributed by atoms with E-state index in [-0.39, 0.29) is 17.8 Å². The van der Waals surface area contributed by atoms with Crippen LogP contribution in [0.1, 0.15) is 60.8 Å². The van der Waals surface area contributed by atoms with Gasteiger partial charge in [0.15, 0.2) is 17.7 Å². The highest BCUT2D eigenvalue weighted by atomic mass is 16.5. The molecular weight excluding hydrogens is 406 g/mol. The number of carbonyl (C=O) groups is 1. The third kappa shape index (κ3) is 3.77. The lowest BCUT2D eigenvalue weighted by Gasteiger charge is -2.28. The van der Waals surface area contributed by atoms with E-state index in [4.69, 9.17) is 10.5 Å². The number of nitrogens with two attached hydrogens (primary N) is 1. The number of ether oxygens (including phenoxy) is 1. The van der Waals surface area contributed by atoms with E-state index in [0.29, 0.717) is 17.2 Å². The summed E-state index contributed by atoms with van der Waals surface area (Å²) in [6.07, 6.45) is 9.67. The van der Waals surface area contributed by atoms with Gasteiger partial charge >= 0.3 is 0 Å². The Morgan fingerprint density at radius 1 is 1.16 bits per heavy atom. The summed E-state index contributed by atoms with van der Waals surface area (Å²) in [5.74, 6) is 0.294. The molecule has 1 unspecified atom stereocenters. The molecule has 5 rings (SSSR count). The predicted molar refractivity (Wildman–Crippen MR) is 124 cm³/mol. The average molecular weight is 436 g/mol. The normalized spacial score (nSPS) is 19.3. The Morgan fingerprint density at radius 3 is 2.78 bits per heavy atom. The summed E-state index contributed by atoms with van der Waals surface area (Å²) in [5, 5.41) is 8.48. The maximum atomic E-state index is 13.2. The van der Waals surface area contributed by atoms with Crippen molar-refractivity contribution in [2.45, 2.75) is 51.7 Å². The number of anilines is 3. The van der Waals surface area contributed by atoms with Crippen molar-refractivity contribution in [3.63, 3.8) is 0 Å². The summed E-state index contributed by atoms with van der Waals surface area (Å²) in [6, 6.07) is 4.01. The number of hydrogen-bond acceptors (Lipinski definition) is 7. The number of aryl methyl sites for hydroxylation is 1. The molecule has 2 fully saturated rings. The first kappa shape index (κ1) is 20.7. The monoisotopic (exact) mass is 435 g/mol. The van der Waals surface area contributed by atoms with Crippen LogP contribution in [0.3, 0.4) is 0 Å². The quantitative estimate of drug-likeness (QED) is 0.643. The molecule has 3 N–H and O–H groups in total. The Bertz CT molecular complexity index is 1130. The number of nitrogens with zero attached hydrogens (tertiary/aromatic N) is 5. The lowest BCUT2D eigenvalue weighted by molar-refractivity contribution is -0.0366. The van der Waals surface area contributed by atoms with E-state index in [9.17, 15) is 4.79 Å². The van der Waals surface area contributed by atoms with Gasteiger partial charge in [-0.05, 0) is 57.1 Å². The second kappa shape index (κ2) is 8.74. The number of nitrogen functional groups attached to an aromatic ring is 1. The first-order chi connectivity index (χ1) is 15.6. The summed E-state index contributed by atoms with van der Waals surface area (Å²) in [7, 11) is 0. The number of amides is 1. The van der Waals surface area contributed by atoms with Gasteiger partial charge in [-0.1, -0.05) is 6.07 Å². The van der Waals surface area contributed by atoms with Crippen LogP contribution in [0, 0.1) is 6.92 Å². The van der Waals surface area contributed by atoms with E-state index >= 15 is 0 Å². The topological polar surface area (TPSA) is 111 Å². The number of piperidine rings is 1. The molecule has 4 heterocycles. The van der Waals surface area contributed by atoms with Crippen LogP contribution in [-0.4, -0.2) is 45.4 Å². The van der Waals surface area contributed by atoms with Crippen molar-refractivity contribution in [1.82, 2.24) is 19.7 Å². The number of carbonyl (C=O) groups excluding carboxylic acids is 1. The molecule has 0 bridgehead atoms. The van der Waals surface area contributed by atoms with Crippen molar-refractivity contribution in [2.75, 3.05) is 35.6 Å². The first-order valence-electron chi connectivity index (χ1n) is 11.4. The van der Waals surface area contributed by atoms with Crippen molar-refractivity contribution in [3.8, 4) is 0 Å². The van der Waals surface area contributed by atoms with Gasteiger partial charge in [-0.15, -0.1) is 0 Å². The van der Waals surface area contributed by atoms with Crippen molar-refractivity contribution in [2.24, 2.45) is 0 Å². The van der Waals surface area contributed by atoms with Gasteiger partial charge in [0.2, 0.25) is 0 Å². The molecule has 2 aromatic heterocycles. The Morgan fingerprint density at radius 2 is 2.00 bits per heavy atom. The zero-order valence-electron chi connectivity index (χ0n) is 18.4. The number of rotatable bonds is 4. The van der Waals surface area contributed by atoms with E-state index in [1.807, 2.05) is 23.7 Å². The van der Waals surface area contributed by atoms with E-state index in [0.717, 1.165) is 68.3 Å². The van der Waals surface area contributed by atoms with Crippen LogP contribution in [-0.2, 0) is 4.74 Å². The maximum absolute atomic E-state index is 13.2. The fourth-order valence-corrected chi connectivity index (χ4v) is 4.64. The maximum Gasteiger partial charge on any atom is 0.276 e. The van der Waals surface area contributed by atoms with Crippen LogP contribution in [0.4, 0.5) is 17.2 Å². The van der Waals surface area contributed by atoms with E-state index in [2.05, 4.69) is 25.3 Å². The molecule has 1 atom stereocenters. The van der Waals surface area contributed by atoms with Crippen LogP contribution in [0.2, 0.25) is 0 Å². The lowest BCUT2D eigenvalue weighted by Crippen LogP contribution is -2.31. The van der Waals surface area contributed by atoms with Crippen molar-refractivity contribution in [1.29, 1.82) is 0 Å². The molecule has 0 saturated carbocycles. The van der Waals surface area contributed by atoms with Gasteiger partial charge in [-0.2, -0.15) is 5.10 Å². The predicted octanol–water partition coefficient (Wildman–Crippen LogP) is 3.66. The molecule has 168 valence electrons. The molecule has 9 heteroatoms. The van der Waals surface area contributed by atoms with E-state index < -0.39 is 0 Å². The standard InChI is InChI=1S/C23H29N7O2/c1-15-8-9-17-16(13-27-30(17)18-7-3-6-12-32-18)20(15)28-23(31)21-19(24)22(26-14-25-21)29-10-4-2-5-11-29/h8-9,13-14,18H,2-7,10-12,24H2,1H3,(H,28,31). The van der Waals surface area contributed by atoms with Crippen LogP contribution < -0.4 is 16.0 Å². The third-order valence-corrected chi connectivity index (χ3v) is 6.39. The lowest BCUT2D eigenvalue weighted by atomic mass is 10.1. The van der Waals surface area contributed by atoms with Crippen LogP contribution in [0.25, 0.3) is 10.9 Å². The fraction of sp³-hybridized carbons (Fsp3) is 0.478. The summed E-state index contributed by atoms with van der Waals surface area (Å²) >= 11 is 0. The van der Waals surface area contributed by atoms with Crippen molar-refractivity contribution in [3.05, 3.63) is 35.9 Å². The van der Waals surface area contributed by atoms with E-state index in [1.165, 1.54) is 12.7 Å². The molecule has 3 aromatic rings. The van der Waals surface area contributed by atoms with E-state index in [1.54, 1.807) is 6.20 Å². The molecule has 0 radical (unpaired) electrons. The molecule has 9 nitrogen and oxygen atoms in total. The number of fused-ring (bicyclic) bond motifs is 1. The van der Waals surface area contributed by atoms with Crippen molar-refractivity contribution < 1.29 is 9.53 Å².